The zero-order valence-corrected chi connectivity index (χ0v) is 11.3. The highest BCUT2D eigenvalue weighted by Gasteiger charge is 2.15. The number of hydrogen-bond acceptors (Lipinski definition) is 3. The third-order valence-corrected chi connectivity index (χ3v) is 3.05. The van der Waals surface area contributed by atoms with Crippen LogP contribution in [0.5, 0.6) is 5.75 Å². The summed E-state index contributed by atoms with van der Waals surface area (Å²) >= 11 is 0. The van der Waals surface area contributed by atoms with Crippen molar-refractivity contribution in [3.05, 3.63) is 29.8 Å². The summed E-state index contributed by atoms with van der Waals surface area (Å²) in [6.45, 7) is 2.95. The number of methoxy groups -OCH3 is 1. The summed E-state index contributed by atoms with van der Waals surface area (Å²) in [5.41, 5.74) is 6.68. The summed E-state index contributed by atoms with van der Waals surface area (Å²) in [6.07, 6.45) is 0.837. The first-order valence-corrected chi connectivity index (χ1v) is 6.16. The fourth-order valence-electron chi connectivity index (χ4n) is 1.68. The molecule has 0 heterocycles. The van der Waals surface area contributed by atoms with Crippen molar-refractivity contribution in [1.29, 1.82) is 0 Å². The van der Waals surface area contributed by atoms with Crippen LogP contribution in [0.2, 0.25) is 0 Å². The molecule has 1 aromatic rings. The lowest BCUT2D eigenvalue weighted by molar-refractivity contribution is -0.133. The zero-order chi connectivity index (χ0) is 13.5. The van der Waals surface area contributed by atoms with Gasteiger partial charge in [0.15, 0.2) is 0 Å². The molecule has 1 rings (SSSR count). The van der Waals surface area contributed by atoms with Crippen molar-refractivity contribution in [3.8, 4) is 5.75 Å². The van der Waals surface area contributed by atoms with Crippen LogP contribution in [0.1, 0.15) is 12.5 Å². The number of carbonyl (C=O) groups is 1. The summed E-state index contributed by atoms with van der Waals surface area (Å²) < 4.78 is 5.10. The van der Waals surface area contributed by atoms with E-state index >= 15 is 0 Å². The molecule has 0 saturated heterocycles. The number of likely N-dealkylation sites (N-methyl/N-ethyl adjacent to an activating group) is 1. The summed E-state index contributed by atoms with van der Waals surface area (Å²) in [5, 5.41) is 0. The second-order valence-corrected chi connectivity index (χ2v) is 4.49. The molecule has 2 N–H and O–H groups in total. The number of carbonyl (C=O) groups excluding carboxylic acids is 1. The van der Waals surface area contributed by atoms with Gasteiger partial charge in [-0.15, -0.1) is 0 Å². The Morgan fingerprint density at radius 3 is 2.50 bits per heavy atom. The van der Waals surface area contributed by atoms with Crippen molar-refractivity contribution in [1.82, 2.24) is 4.90 Å². The average molecular weight is 250 g/mol. The molecule has 0 aliphatic rings. The molecule has 0 aliphatic heterocycles. The molecule has 1 aromatic carbocycles. The minimum atomic E-state index is -0.106. The molecular weight excluding hydrogens is 228 g/mol. The molecular formula is C14H22N2O2. The lowest BCUT2D eigenvalue weighted by atomic mass is 10.1. The van der Waals surface area contributed by atoms with Crippen molar-refractivity contribution < 1.29 is 9.53 Å². The van der Waals surface area contributed by atoms with Crippen molar-refractivity contribution in [2.24, 2.45) is 11.7 Å². The molecule has 18 heavy (non-hydrogen) atoms. The summed E-state index contributed by atoms with van der Waals surface area (Å²) in [4.78, 5) is 13.6. The van der Waals surface area contributed by atoms with Crippen molar-refractivity contribution in [2.75, 3.05) is 27.2 Å². The maximum atomic E-state index is 11.8. The molecule has 0 fully saturated rings. The van der Waals surface area contributed by atoms with Gasteiger partial charge in [-0.05, 0) is 24.1 Å². The molecule has 0 aromatic heterocycles. The highest BCUT2D eigenvalue weighted by molar-refractivity contribution is 5.78. The summed E-state index contributed by atoms with van der Waals surface area (Å²) in [6, 6.07) is 7.90. The van der Waals surface area contributed by atoms with Crippen LogP contribution < -0.4 is 10.5 Å². The highest BCUT2D eigenvalue weighted by Crippen LogP contribution is 2.12. The molecule has 1 amide bonds. The van der Waals surface area contributed by atoms with Crippen LogP contribution in [0.15, 0.2) is 24.3 Å². The number of nitrogens with two attached hydrogens (primary N) is 1. The molecule has 1 unspecified atom stereocenters. The van der Waals surface area contributed by atoms with Crippen LogP contribution in [0.3, 0.4) is 0 Å². The van der Waals surface area contributed by atoms with Gasteiger partial charge in [-0.25, -0.2) is 0 Å². The van der Waals surface area contributed by atoms with Crippen LogP contribution in [0, 0.1) is 5.92 Å². The topological polar surface area (TPSA) is 55.6 Å². The lowest BCUT2D eigenvalue weighted by Gasteiger charge is -2.20. The van der Waals surface area contributed by atoms with Crippen LogP contribution in [0.4, 0.5) is 0 Å². The first-order chi connectivity index (χ1) is 8.58. The van der Waals surface area contributed by atoms with Crippen LogP contribution in [-0.2, 0) is 11.2 Å². The maximum Gasteiger partial charge on any atom is 0.226 e. The van der Waals surface area contributed by atoms with E-state index < -0.39 is 0 Å². The number of benzene rings is 1. The van der Waals surface area contributed by atoms with E-state index in [4.69, 9.17) is 10.5 Å². The van der Waals surface area contributed by atoms with Gasteiger partial charge in [0.2, 0.25) is 5.91 Å². The Bertz CT molecular complexity index is 376. The molecule has 100 valence electrons. The Morgan fingerprint density at radius 1 is 1.39 bits per heavy atom. The summed E-state index contributed by atoms with van der Waals surface area (Å²) in [7, 11) is 3.47. The molecule has 4 heteroatoms. The van der Waals surface area contributed by atoms with Crippen LogP contribution >= 0.6 is 0 Å². The van der Waals surface area contributed by atoms with E-state index in [-0.39, 0.29) is 11.8 Å². The standard InChI is InChI=1S/C14H22N2O2/c1-11(10-15)14(17)16(2)9-8-12-4-6-13(18-3)7-5-12/h4-7,11H,8-10,15H2,1-3H3. The van der Waals surface area contributed by atoms with E-state index in [1.54, 1.807) is 12.0 Å². The monoisotopic (exact) mass is 250 g/mol. The Hall–Kier alpha value is -1.55. The van der Waals surface area contributed by atoms with E-state index in [2.05, 4.69) is 0 Å². The SMILES string of the molecule is COc1ccc(CCN(C)C(=O)C(C)CN)cc1. The van der Waals surface area contributed by atoms with E-state index in [1.807, 2.05) is 38.2 Å². The van der Waals surface area contributed by atoms with Gasteiger partial charge in [-0.2, -0.15) is 0 Å². The lowest BCUT2D eigenvalue weighted by Crippen LogP contribution is -2.36. The predicted molar refractivity (Wildman–Crippen MR) is 72.6 cm³/mol. The second kappa shape index (κ2) is 7.01. The Kier molecular flexibility index (Phi) is 5.65. The maximum absolute atomic E-state index is 11.8. The number of nitrogens with zero attached hydrogens (tertiary/aromatic N) is 1. The quantitative estimate of drug-likeness (QED) is 0.827. The van der Waals surface area contributed by atoms with Crippen LogP contribution in [0.25, 0.3) is 0 Å². The van der Waals surface area contributed by atoms with E-state index in [9.17, 15) is 4.79 Å². The van der Waals surface area contributed by atoms with Gasteiger partial charge in [-0.3, -0.25) is 4.79 Å². The molecule has 0 spiro atoms. The van der Waals surface area contributed by atoms with Crippen molar-refractivity contribution in [3.63, 3.8) is 0 Å². The van der Waals surface area contributed by atoms with E-state index in [0.29, 0.717) is 13.1 Å². The average Bonchev–Trinajstić information content (AvgIpc) is 2.43. The Balaban J connectivity index is 2.46. The number of ether oxygens (including phenoxy) is 1. The molecule has 1 atom stereocenters. The second-order valence-electron chi connectivity index (χ2n) is 4.49. The first kappa shape index (κ1) is 14.5. The van der Waals surface area contributed by atoms with Gasteiger partial charge in [0.1, 0.15) is 5.75 Å². The smallest absolute Gasteiger partial charge is 0.226 e. The van der Waals surface area contributed by atoms with E-state index in [0.717, 1.165) is 12.2 Å². The Morgan fingerprint density at radius 2 is 2.00 bits per heavy atom. The van der Waals surface area contributed by atoms with Gasteiger partial charge in [0.25, 0.3) is 0 Å². The third kappa shape index (κ3) is 4.04. The molecule has 0 bridgehead atoms. The number of amides is 1. The number of hydrogen-bond donors (Lipinski definition) is 1. The number of rotatable bonds is 6. The molecule has 0 aliphatic carbocycles. The van der Waals surface area contributed by atoms with Crippen LogP contribution in [-0.4, -0.2) is 38.1 Å². The zero-order valence-electron chi connectivity index (χ0n) is 11.3. The van der Waals surface area contributed by atoms with Gasteiger partial charge in [-0.1, -0.05) is 19.1 Å². The largest absolute Gasteiger partial charge is 0.497 e. The predicted octanol–water partition coefficient (Wildman–Crippen LogP) is 1.29. The molecule has 4 nitrogen and oxygen atoms in total. The van der Waals surface area contributed by atoms with E-state index in [1.165, 1.54) is 5.56 Å². The highest BCUT2D eigenvalue weighted by atomic mass is 16.5. The normalized spacial score (nSPS) is 12.0. The first-order valence-electron chi connectivity index (χ1n) is 6.16. The third-order valence-electron chi connectivity index (χ3n) is 3.05. The van der Waals surface area contributed by atoms with Gasteiger partial charge in [0.05, 0.1) is 7.11 Å². The minimum absolute atomic E-state index is 0.103. The Labute approximate surface area is 109 Å². The molecule has 0 radical (unpaired) electrons. The summed E-state index contributed by atoms with van der Waals surface area (Å²) in [5.74, 6) is 0.844. The van der Waals surface area contributed by atoms with Gasteiger partial charge >= 0.3 is 0 Å². The van der Waals surface area contributed by atoms with Gasteiger partial charge < -0.3 is 15.4 Å². The fourth-order valence-corrected chi connectivity index (χ4v) is 1.68. The molecule has 0 saturated carbocycles. The van der Waals surface area contributed by atoms with Crippen molar-refractivity contribution >= 4 is 5.91 Å². The van der Waals surface area contributed by atoms with Gasteiger partial charge in [0, 0.05) is 26.1 Å². The van der Waals surface area contributed by atoms with Crippen molar-refractivity contribution in [2.45, 2.75) is 13.3 Å². The minimum Gasteiger partial charge on any atom is -0.497 e. The fraction of sp³-hybridized carbons (Fsp3) is 0.500.